The first-order valence-corrected chi connectivity index (χ1v) is 6.60. The Balaban J connectivity index is 1.67. The van der Waals surface area contributed by atoms with Crippen molar-refractivity contribution >= 4 is 0 Å². The zero-order chi connectivity index (χ0) is 14.5. The van der Waals surface area contributed by atoms with E-state index < -0.39 is 5.76 Å². The number of nitrogens with one attached hydrogen (secondary N) is 1. The summed E-state index contributed by atoms with van der Waals surface area (Å²) in [5, 5.41) is 3.65. The maximum absolute atomic E-state index is 10.9. The van der Waals surface area contributed by atoms with E-state index in [4.69, 9.17) is 4.74 Å². The fraction of sp³-hybridized carbons (Fsp3) is 0.125. The first kappa shape index (κ1) is 13.2. The normalized spacial score (nSPS) is 10.5. The Kier molecular flexibility index (Phi) is 3.82. The number of benzene rings is 2. The van der Waals surface area contributed by atoms with Crippen molar-refractivity contribution in [2.24, 2.45) is 0 Å². The van der Waals surface area contributed by atoms with Crippen LogP contribution in [0.1, 0.15) is 17.0 Å². The summed E-state index contributed by atoms with van der Waals surface area (Å²) in [7, 11) is 0. The Labute approximate surface area is 121 Å². The molecule has 5 nitrogen and oxygen atoms in total. The van der Waals surface area contributed by atoms with Crippen LogP contribution in [0.5, 0.6) is 5.75 Å². The third-order valence-electron chi connectivity index (χ3n) is 3.00. The fourth-order valence-electron chi connectivity index (χ4n) is 2.02. The lowest BCUT2D eigenvalue weighted by atomic mass is 10.1. The maximum Gasteiger partial charge on any atom is 0.438 e. The van der Waals surface area contributed by atoms with Crippen molar-refractivity contribution in [3.63, 3.8) is 0 Å². The smallest absolute Gasteiger partial charge is 0.438 e. The molecule has 0 aliphatic heterocycles. The minimum Gasteiger partial charge on any atom is -0.489 e. The highest BCUT2D eigenvalue weighted by Gasteiger charge is 2.04. The molecule has 21 heavy (non-hydrogen) atoms. The lowest BCUT2D eigenvalue weighted by Gasteiger charge is -2.07. The molecule has 0 aliphatic rings. The van der Waals surface area contributed by atoms with Gasteiger partial charge >= 0.3 is 5.76 Å². The molecular formula is C16H14N2O3. The van der Waals surface area contributed by atoms with Crippen LogP contribution in [0.3, 0.4) is 0 Å². The molecule has 106 valence electrons. The molecule has 0 amide bonds. The van der Waals surface area contributed by atoms with Gasteiger partial charge in [-0.15, -0.1) is 0 Å². The number of H-pyrrole nitrogens is 1. The molecule has 3 rings (SSSR count). The van der Waals surface area contributed by atoms with Crippen molar-refractivity contribution in [2.75, 3.05) is 0 Å². The predicted molar refractivity (Wildman–Crippen MR) is 77.1 cm³/mol. The standard InChI is InChI=1S/C16H14N2O3/c19-16-17-15(18-21-16)10-13-7-4-8-14(9-13)20-11-12-5-2-1-3-6-12/h1-9H,10-11H2,(H,17,18,19). The van der Waals surface area contributed by atoms with Gasteiger partial charge in [0.2, 0.25) is 0 Å². The van der Waals surface area contributed by atoms with Gasteiger partial charge in [-0.1, -0.05) is 47.6 Å². The van der Waals surface area contributed by atoms with Crippen molar-refractivity contribution in [3.8, 4) is 5.75 Å². The second-order valence-electron chi connectivity index (χ2n) is 4.64. The largest absolute Gasteiger partial charge is 0.489 e. The minimum absolute atomic E-state index is 0.494. The molecule has 0 atom stereocenters. The second-order valence-corrected chi connectivity index (χ2v) is 4.64. The third-order valence-corrected chi connectivity index (χ3v) is 3.00. The Morgan fingerprint density at radius 2 is 1.86 bits per heavy atom. The van der Waals surface area contributed by atoms with Gasteiger partial charge in [0.25, 0.3) is 0 Å². The number of hydrogen-bond acceptors (Lipinski definition) is 4. The molecule has 0 unspecified atom stereocenters. The van der Waals surface area contributed by atoms with Crippen LogP contribution >= 0.6 is 0 Å². The fourth-order valence-corrected chi connectivity index (χ4v) is 2.02. The van der Waals surface area contributed by atoms with Crippen molar-refractivity contribution < 1.29 is 9.26 Å². The molecular weight excluding hydrogens is 268 g/mol. The average Bonchev–Trinajstić information content (AvgIpc) is 2.92. The van der Waals surface area contributed by atoms with E-state index >= 15 is 0 Å². The molecule has 0 fully saturated rings. The monoisotopic (exact) mass is 282 g/mol. The van der Waals surface area contributed by atoms with E-state index in [1.54, 1.807) is 0 Å². The molecule has 5 heteroatoms. The molecule has 0 spiro atoms. The van der Waals surface area contributed by atoms with Crippen molar-refractivity contribution in [3.05, 3.63) is 82.1 Å². The molecule has 3 aromatic rings. The Bertz CT molecular complexity index is 762. The van der Waals surface area contributed by atoms with Crippen molar-refractivity contribution in [1.82, 2.24) is 10.1 Å². The molecule has 0 radical (unpaired) electrons. The van der Waals surface area contributed by atoms with Gasteiger partial charge in [0, 0.05) is 6.42 Å². The summed E-state index contributed by atoms with van der Waals surface area (Å²) in [4.78, 5) is 13.4. The summed E-state index contributed by atoms with van der Waals surface area (Å²) in [5.74, 6) is 0.740. The highest BCUT2D eigenvalue weighted by atomic mass is 16.5. The van der Waals surface area contributed by atoms with E-state index in [-0.39, 0.29) is 0 Å². The van der Waals surface area contributed by atoms with Gasteiger partial charge in [0.15, 0.2) is 5.82 Å². The highest BCUT2D eigenvalue weighted by Crippen LogP contribution is 2.16. The summed E-state index contributed by atoms with van der Waals surface area (Å²) < 4.78 is 10.2. The van der Waals surface area contributed by atoms with Gasteiger partial charge < -0.3 is 4.74 Å². The van der Waals surface area contributed by atoms with Crippen LogP contribution in [0.15, 0.2) is 63.9 Å². The number of ether oxygens (including phenoxy) is 1. The van der Waals surface area contributed by atoms with Gasteiger partial charge in [-0.25, -0.2) is 4.79 Å². The Morgan fingerprint density at radius 3 is 2.62 bits per heavy atom. The SMILES string of the molecule is O=c1[nH]c(Cc2cccc(OCc3ccccc3)c2)no1. The molecule has 0 bridgehead atoms. The predicted octanol–water partition coefficient (Wildman–Crippen LogP) is 2.53. The van der Waals surface area contributed by atoms with Crippen molar-refractivity contribution in [1.29, 1.82) is 0 Å². The van der Waals surface area contributed by atoms with E-state index in [9.17, 15) is 4.79 Å². The zero-order valence-electron chi connectivity index (χ0n) is 11.3. The molecule has 0 aliphatic carbocycles. The molecule has 1 heterocycles. The van der Waals surface area contributed by atoms with Gasteiger partial charge in [0.1, 0.15) is 12.4 Å². The maximum atomic E-state index is 10.9. The van der Waals surface area contributed by atoms with E-state index in [1.165, 1.54) is 0 Å². The van der Waals surface area contributed by atoms with Crippen LogP contribution in [-0.2, 0) is 13.0 Å². The first-order chi connectivity index (χ1) is 10.3. The van der Waals surface area contributed by atoms with E-state index in [0.717, 1.165) is 16.9 Å². The number of aromatic amines is 1. The number of rotatable bonds is 5. The quantitative estimate of drug-likeness (QED) is 0.780. The van der Waals surface area contributed by atoms with Crippen molar-refractivity contribution in [2.45, 2.75) is 13.0 Å². The van der Waals surface area contributed by atoms with Gasteiger partial charge in [-0.2, -0.15) is 0 Å². The number of nitrogens with zero attached hydrogens (tertiary/aromatic N) is 1. The van der Waals surface area contributed by atoms with E-state index in [2.05, 4.69) is 14.7 Å². The van der Waals surface area contributed by atoms with Crippen LogP contribution in [0.2, 0.25) is 0 Å². The van der Waals surface area contributed by atoms with Crippen LogP contribution in [0.4, 0.5) is 0 Å². The van der Waals surface area contributed by atoms with Gasteiger partial charge in [-0.3, -0.25) is 9.51 Å². The van der Waals surface area contributed by atoms with E-state index in [0.29, 0.717) is 18.9 Å². The lowest BCUT2D eigenvalue weighted by Crippen LogP contribution is -1.99. The molecule has 1 aromatic heterocycles. The summed E-state index contributed by atoms with van der Waals surface area (Å²) in [5.41, 5.74) is 2.11. The first-order valence-electron chi connectivity index (χ1n) is 6.60. The second kappa shape index (κ2) is 6.09. The highest BCUT2D eigenvalue weighted by molar-refractivity contribution is 5.30. The summed E-state index contributed by atoms with van der Waals surface area (Å²) in [6.45, 7) is 0.519. The molecule has 0 saturated heterocycles. The topological polar surface area (TPSA) is 68.1 Å². The summed E-state index contributed by atoms with van der Waals surface area (Å²) in [6, 6.07) is 17.7. The summed E-state index contributed by atoms with van der Waals surface area (Å²) >= 11 is 0. The molecule has 2 aromatic carbocycles. The van der Waals surface area contributed by atoms with Crippen LogP contribution in [0, 0.1) is 0 Å². The van der Waals surface area contributed by atoms with E-state index in [1.807, 2.05) is 54.6 Å². The number of aromatic nitrogens is 2. The zero-order valence-corrected chi connectivity index (χ0v) is 11.3. The van der Waals surface area contributed by atoms with Crippen LogP contribution < -0.4 is 10.5 Å². The van der Waals surface area contributed by atoms with Gasteiger partial charge in [-0.05, 0) is 23.3 Å². The average molecular weight is 282 g/mol. The summed E-state index contributed by atoms with van der Waals surface area (Å²) in [6.07, 6.45) is 0.494. The molecule has 1 N–H and O–H groups in total. The third kappa shape index (κ3) is 3.60. The number of hydrogen-bond donors (Lipinski definition) is 1. The Morgan fingerprint density at radius 1 is 1.05 bits per heavy atom. The van der Waals surface area contributed by atoms with Gasteiger partial charge in [0.05, 0.1) is 0 Å². The Hall–Kier alpha value is -2.82. The molecule has 0 saturated carbocycles. The van der Waals surface area contributed by atoms with Crippen LogP contribution in [0.25, 0.3) is 0 Å². The van der Waals surface area contributed by atoms with Crippen LogP contribution in [-0.4, -0.2) is 10.1 Å². The minimum atomic E-state index is -0.540. The lowest BCUT2D eigenvalue weighted by molar-refractivity contribution is 0.306.